The highest BCUT2D eigenvalue weighted by Gasteiger charge is 2.31. The Bertz CT molecular complexity index is 1600. The highest BCUT2D eigenvalue weighted by Crippen LogP contribution is 2.42. The van der Waals surface area contributed by atoms with Gasteiger partial charge in [0.25, 0.3) is 10.0 Å². The van der Waals surface area contributed by atoms with E-state index >= 15 is 0 Å². The minimum absolute atomic E-state index is 0.0140. The first-order chi connectivity index (χ1) is 18.4. The van der Waals surface area contributed by atoms with Crippen LogP contribution in [0.25, 0.3) is 11.1 Å². The van der Waals surface area contributed by atoms with Crippen molar-refractivity contribution in [2.45, 2.75) is 24.4 Å². The van der Waals surface area contributed by atoms with Crippen molar-refractivity contribution in [1.29, 1.82) is 0 Å². The minimum Gasteiger partial charge on any atom is -0.495 e. The zero-order chi connectivity index (χ0) is 28.4. The van der Waals surface area contributed by atoms with E-state index in [9.17, 15) is 26.4 Å². The fourth-order valence-corrected chi connectivity index (χ4v) is 4.84. The Kier molecular flexibility index (Phi) is 7.84. The number of nitrogens with one attached hydrogen (secondary N) is 1. The lowest BCUT2D eigenvalue weighted by molar-refractivity contribution is -0.137. The molecular weight excluding hydrogens is 561 g/mol. The predicted molar refractivity (Wildman–Crippen MR) is 137 cm³/mol. The number of benzene rings is 2. The van der Waals surface area contributed by atoms with Gasteiger partial charge in [-0.05, 0) is 35.9 Å². The van der Waals surface area contributed by atoms with E-state index in [0.29, 0.717) is 0 Å². The normalized spacial score (nSPS) is 11.7. The van der Waals surface area contributed by atoms with E-state index in [2.05, 4.69) is 19.4 Å². The molecule has 14 heteroatoms. The number of rotatable bonds is 8. The molecular formula is C25H20ClF3N4O5S. The second-order valence-electron chi connectivity index (χ2n) is 8.01. The van der Waals surface area contributed by atoms with Gasteiger partial charge in [-0.25, -0.2) is 13.4 Å². The third-order valence-corrected chi connectivity index (χ3v) is 7.15. The van der Waals surface area contributed by atoms with Gasteiger partial charge in [-0.3, -0.25) is 14.4 Å². The molecule has 39 heavy (non-hydrogen) atoms. The number of anilines is 3. The molecule has 0 spiro atoms. The molecule has 2 aromatic heterocycles. The number of hydrogen-bond donors (Lipinski definition) is 1. The van der Waals surface area contributed by atoms with Gasteiger partial charge < -0.3 is 9.26 Å². The molecule has 1 amide bonds. The Hall–Kier alpha value is -4.10. The summed E-state index contributed by atoms with van der Waals surface area (Å²) in [5.74, 6) is -0.300. The van der Waals surface area contributed by atoms with Crippen molar-refractivity contribution in [2.75, 3.05) is 16.7 Å². The highest BCUT2D eigenvalue weighted by molar-refractivity contribution is 7.92. The second kappa shape index (κ2) is 10.9. The number of methoxy groups -OCH3 is 1. The van der Waals surface area contributed by atoms with Crippen LogP contribution >= 0.6 is 11.6 Å². The lowest BCUT2D eigenvalue weighted by Crippen LogP contribution is -2.26. The standard InChI is InChI=1S/C25H20ClF3N4O5S/c1-3-24(34)33(23-8-7-17(14-30-23)39(35,36)32-22-9-10-38-31-22)20-12-18(19(26)13-21(20)37-2)15-5-4-6-16(11-15)25(27,28)29/h4-14H,3H2,1-2H3,(H,31,32). The molecule has 0 bridgehead atoms. The van der Waals surface area contributed by atoms with E-state index in [4.69, 9.17) is 16.3 Å². The van der Waals surface area contributed by atoms with Crippen molar-refractivity contribution in [3.05, 3.63) is 77.6 Å². The van der Waals surface area contributed by atoms with E-state index in [-0.39, 0.29) is 50.5 Å². The van der Waals surface area contributed by atoms with E-state index in [1.807, 2.05) is 0 Å². The zero-order valence-electron chi connectivity index (χ0n) is 20.4. The number of ether oxygens (including phenoxy) is 1. The average Bonchev–Trinajstić information content (AvgIpc) is 3.41. The van der Waals surface area contributed by atoms with Crippen LogP contribution in [-0.2, 0) is 21.0 Å². The molecule has 0 atom stereocenters. The maximum atomic E-state index is 13.3. The van der Waals surface area contributed by atoms with Gasteiger partial charge in [-0.1, -0.05) is 35.8 Å². The summed E-state index contributed by atoms with van der Waals surface area (Å²) < 4.78 is 77.6. The number of carbonyl (C=O) groups is 1. The topological polar surface area (TPSA) is 115 Å². The first kappa shape index (κ1) is 27.9. The van der Waals surface area contributed by atoms with E-state index in [0.717, 1.165) is 18.3 Å². The number of carbonyl (C=O) groups excluding carboxylic acids is 1. The summed E-state index contributed by atoms with van der Waals surface area (Å²) in [6.07, 6.45) is -2.32. The van der Waals surface area contributed by atoms with Crippen LogP contribution in [0.15, 0.2) is 76.5 Å². The Morgan fingerprint density at radius 3 is 2.51 bits per heavy atom. The van der Waals surface area contributed by atoms with Crippen LogP contribution in [0.4, 0.5) is 30.5 Å². The Morgan fingerprint density at radius 1 is 1.15 bits per heavy atom. The fourth-order valence-electron chi connectivity index (χ4n) is 3.64. The lowest BCUT2D eigenvalue weighted by Gasteiger charge is -2.25. The number of aromatic nitrogens is 2. The third-order valence-electron chi connectivity index (χ3n) is 5.50. The minimum atomic E-state index is -4.57. The Labute approximate surface area is 226 Å². The molecule has 2 heterocycles. The average molecular weight is 581 g/mol. The summed E-state index contributed by atoms with van der Waals surface area (Å²) in [4.78, 5) is 18.2. The van der Waals surface area contributed by atoms with Crippen LogP contribution in [0.5, 0.6) is 5.75 Å². The molecule has 0 unspecified atom stereocenters. The maximum absolute atomic E-state index is 13.3. The van der Waals surface area contributed by atoms with Crippen molar-refractivity contribution in [2.24, 2.45) is 0 Å². The van der Waals surface area contributed by atoms with Crippen molar-refractivity contribution < 1.29 is 35.6 Å². The number of alkyl halides is 3. The fraction of sp³-hybridized carbons (Fsp3) is 0.160. The number of amides is 1. The summed E-state index contributed by atoms with van der Waals surface area (Å²) in [5.41, 5.74) is -0.350. The largest absolute Gasteiger partial charge is 0.495 e. The summed E-state index contributed by atoms with van der Waals surface area (Å²) in [6, 6.07) is 11.2. The van der Waals surface area contributed by atoms with Gasteiger partial charge in [0.15, 0.2) is 5.82 Å². The van der Waals surface area contributed by atoms with E-state index in [1.165, 1.54) is 60.7 Å². The Balaban J connectivity index is 1.79. The molecule has 9 nitrogen and oxygen atoms in total. The van der Waals surface area contributed by atoms with Gasteiger partial charge in [-0.2, -0.15) is 13.2 Å². The molecule has 0 saturated heterocycles. The van der Waals surface area contributed by atoms with Crippen LogP contribution in [0.3, 0.4) is 0 Å². The van der Waals surface area contributed by atoms with Crippen molar-refractivity contribution in [3.8, 4) is 16.9 Å². The molecule has 0 radical (unpaired) electrons. The van der Waals surface area contributed by atoms with Crippen LogP contribution < -0.4 is 14.4 Å². The number of pyridine rings is 1. The Morgan fingerprint density at radius 2 is 1.92 bits per heavy atom. The zero-order valence-corrected chi connectivity index (χ0v) is 21.9. The van der Waals surface area contributed by atoms with E-state index < -0.39 is 27.7 Å². The van der Waals surface area contributed by atoms with Gasteiger partial charge in [0.2, 0.25) is 5.91 Å². The van der Waals surface area contributed by atoms with Crippen molar-refractivity contribution in [1.82, 2.24) is 10.1 Å². The number of hydrogen-bond acceptors (Lipinski definition) is 7. The quantitative estimate of drug-likeness (QED) is 0.260. The monoisotopic (exact) mass is 580 g/mol. The summed E-state index contributed by atoms with van der Waals surface area (Å²) in [7, 11) is -2.73. The maximum Gasteiger partial charge on any atom is 0.416 e. The molecule has 2 aromatic carbocycles. The van der Waals surface area contributed by atoms with Crippen LogP contribution in [0.1, 0.15) is 18.9 Å². The lowest BCUT2D eigenvalue weighted by atomic mass is 10.0. The molecule has 0 aliphatic carbocycles. The van der Waals surface area contributed by atoms with Crippen LogP contribution in [0.2, 0.25) is 5.02 Å². The third kappa shape index (κ3) is 5.99. The first-order valence-electron chi connectivity index (χ1n) is 11.2. The molecule has 0 saturated carbocycles. The van der Waals surface area contributed by atoms with E-state index in [1.54, 1.807) is 6.92 Å². The van der Waals surface area contributed by atoms with Gasteiger partial charge in [0.05, 0.1) is 23.4 Å². The predicted octanol–water partition coefficient (Wildman–Crippen LogP) is 6.29. The number of nitrogens with zero attached hydrogens (tertiary/aromatic N) is 3. The SMILES string of the molecule is CCC(=O)N(c1ccc(S(=O)(=O)Nc2ccon2)cn1)c1cc(-c2cccc(C(F)(F)F)c2)c(Cl)cc1OC. The van der Waals surface area contributed by atoms with Gasteiger partial charge >= 0.3 is 6.18 Å². The molecule has 1 N–H and O–H groups in total. The number of sulfonamides is 1. The summed E-state index contributed by atoms with van der Waals surface area (Å²) >= 11 is 6.41. The number of halogens is 4. The summed E-state index contributed by atoms with van der Waals surface area (Å²) in [6.45, 7) is 1.60. The van der Waals surface area contributed by atoms with Crippen molar-refractivity contribution >= 4 is 44.9 Å². The molecule has 0 aliphatic rings. The first-order valence-corrected chi connectivity index (χ1v) is 13.1. The van der Waals surface area contributed by atoms with Gasteiger partial charge in [0, 0.05) is 30.3 Å². The molecule has 0 aliphatic heterocycles. The molecule has 0 fully saturated rings. The molecule has 204 valence electrons. The van der Waals surface area contributed by atoms with Crippen LogP contribution in [-0.4, -0.2) is 31.6 Å². The smallest absolute Gasteiger partial charge is 0.416 e. The summed E-state index contributed by atoms with van der Waals surface area (Å²) in [5, 5.41) is 3.59. The molecule has 4 aromatic rings. The van der Waals surface area contributed by atoms with Crippen LogP contribution in [0, 0.1) is 0 Å². The second-order valence-corrected chi connectivity index (χ2v) is 10.1. The van der Waals surface area contributed by atoms with Crippen molar-refractivity contribution in [3.63, 3.8) is 0 Å². The molecule has 4 rings (SSSR count). The van der Waals surface area contributed by atoms with Gasteiger partial charge in [0.1, 0.15) is 22.7 Å². The van der Waals surface area contributed by atoms with Gasteiger partial charge in [-0.15, -0.1) is 0 Å². The highest BCUT2D eigenvalue weighted by atomic mass is 35.5.